The van der Waals surface area contributed by atoms with Crippen molar-refractivity contribution in [1.29, 1.82) is 0 Å². The summed E-state index contributed by atoms with van der Waals surface area (Å²) in [6.45, 7) is 7.88. The first kappa shape index (κ1) is 26.1. The van der Waals surface area contributed by atoms with Gasteiger partial charge >= 0.3 is 0 Å². The molecule has 6 nitrogen and oxygen atoms in total. The van der Waals surface area contributed by atoms with Crippen LogP contribution in [0.5, 0.6) is 0 Å². The van der Waals surface area contributed by atoms with Crippen LogP contribution in [0.4, 0.5) is 23.1 Å². The van der Waals surface area contributed by atoms with Crippen LogP contribution in [0.3, 0.4) is 0 Å². The Labute approximate surface area is 237 Å². The highest BCUT2D eigenvalue weighted by molar-refractivity contribution is 5.83. The van der Waals surface area contributed by atoms with Gasteiger partial charge in [-0.15, -0.1) is 0 Å². The second-order valence-corrected chi connectivity index (χ2v) is 10.6. The maximum Gasteiger partial charge on any atom is 0.205 e. The molecule has 2 heterocycles. The van der Waals surface area contributed by atoms with E-state index in [9.17, 15) is 9.59 Å². The summed E-state index contributed by atoms with van der Waals surface area (Å²) in [4.78, 5) is 28.1. The van der Waals surface area contributed by atoms with Crippen LogP contribution in [0.25, 0.3) is 21.9 Å². The van der Waals surface area contributed by atoms with E-state index in [0.717, 1.165) is 33.6 Å². The predicted octanol–water partition coefficient (Wildman–Crippen LogP) is 8.21. The van der Waals surface area contributed by atoms with Gasteiger partial charge in [0.05, 0.1) is 21.9 Å². The van der Waals surface area contributed by atoms with Crippen molar-refractivity contribution in [3.8, 4) is 0 Å². The summed E-state index contributed by atoms with van der Waals surface area (Å²) in [5.74, 6) is 0.584. The highest BCUT2D eigenvalue weighted by Crippen LogP contribution is 2.30. The summed E-state index contributed by atoms with van der Waals surface area (Å²) in [6, 6.07) is 26.7. The van der Waals surface area contributed by atoms with E-state index in [1.807, 2.05) is 100 Å². The Kier molecular flexibility index (Phi) is 6.67. The van der Waals surface area contributed by atoms with E-state index in [2.05, 4.69) is 10.6 Å². The summed E-state index contributed by atoms with van der Waals surface area (Å²) in [6.07, 6.45) is 0.000813. The predicted molar refractivity (Wildman–Crippen MR) is 166 cm³/mol. The highest BCUT2D eigenvalue weighted by Gasteiger charge is 2.22. The first-order chi connectivity index (χ1) is 19.7. The van der Waals surface area contributed by atoms with E-state index < -0.39 is 0 Å². The van der Waals surface area contributed by atoms with Crippen LogP contribution in [0.15, 0.2) is 103 Å². The summed E-state index contributed by atoms with van der Waals surface area (Å²) < 4.78 is 12.6. The molecule has 0 spiro atoms. The third-order valence-electron chi connectivity index (χ3n) is 7.25. The number of fused-ring (bicyclic) bond motifs is 2. The standard InChI is InChI=1S/C35H30N2O4/c1-20-5-11-24(12-6-20)36-34-28(32(38)26-17-22(3)9-15-30(26)40-34)19-29-33(39)27-18-23(4)10-16-31(27)41-35(29)37-25-13-7-21(2)8-14-25/h5-18,36-37H,19H2,1-4H3. The molecule has 0 aliphatic carbocycles. The lowest BCUT2D eigenvalue weighted by atomic mass is 10.0. The van der Waals surface area contributed by atoms with Crippen molar-refractivity contribution in [2.75, 3.05) is 10.6 Å². The topological polar surface area (TPSA) is 84.5 Å². The normalized spacial score (nSPS) is 11.2. The molecule has 6 rings (SSSR count). The SMILES string of the molecule is Cc1ccc(Nc2oc3ccc(C)cc3c(=O)c2Cc2c(Nc3ccc(C)cc3)oc3ccc(C)cc3c2=O)cc1. The Morgan fingerprint density at radius 2 is 0.878 bits per heavy atom. The molecule has 4 aromatic carbocycles. The Hall–Kier alpha value is -5.10. The third-order valence-corrected chi connectivity index (χ3v) is 7.25. The third kappa shape index (κ3) is 5.24. The highest BCUT2D eigenvalue weighted by atomic mass is 16.4. The first-order valence-corrected chi connectivity index (χ1v) is 13.6. The molecule has 0 bridgehead atoms. The molecule has 0 atom stereocenters. The second-order valence-electron chi connectivity index (χ2n) is 10.6. The molecule has 0 amide bonds. The minimum absolute atomic E-state index is 0.000813. The fourth-order valence-corrected chi connectivity index (χ4v) is 4.93. The quantitative estimate of drug-likeness (QED) is 0.221. The molecular formula is C35H30N2O4. The summed E-state index contributed by atoms with van der Waals surface area (Å²) in [5.41, 5.74) is 6.88. The molecule has 6 aromatic rings. The van der Waals surface area contributed by atoms with Gasteiger partial charge in [-0.1, -0.05) is 58.7 Å². The zero-order chi connectivity index (χ0) is 28.7. The maximum absolute atomic E-state index is 14.0. The number of aryl methyl sites for hydroxylation is 4. The molecule has 204 valence electrons. The van der Waals surface area contributed by atoms with Gasteiger partial charge in [-0.2, -0.15) is 0 Å². The van der Waals surface area contributed by atoms with Crippen LogP contribution >= 0.6 is 0 Å². The zero-order valence-corrected chi connectivity index (χ0v) is 23.4. The largest absolute Gasteiger partial charge is 0.440 e. The Balaban J connectivity index is 1.56. The minimum atomic E-state index is -0.199. The van der Waals surface area contributed by atoms with Crippen LogP contribution in [0.1, 0.15) is 33.4 Å². The van der Waals surface area contributed by atoms with Crippen molar-refractivity contribution in [3.63, 3.8) is 0 Å². The van der Waals surface area contributed by atoms with E-state index in [1.54, 1.807) is 12.1 Å². The lowest BCUT2D eigenvalue weighted by molar-refractivity contribution is 0.607. The van der Waals surface area contributed by atoms with Gasteiger partial charge in [0.15, 0.2) is 10.9 Å². The fourth-order valence-electron chi connectivity index (χ4n) is 4.93. The van der Waals surface area contributed by atoms with Gasteiger partial charge in [0.25, 0.3) is 0 Å². The van der Waals surface area contributed by atoms with Gasteiger partial charge < -0.3 is 19.5 Å². The minimum Gasteiger partial charge on any atom is -0.440 e. The maximum atomic E-state index is 14.0. The molecule has 0 unspecified atom stereocenters. The van der Waals surface area contributed by atoms with Crippen LogP contribution < -0.4 is 21.5 Å². The van der Waals surface area contributed by atoms with Gasteiger partial charge in [-0.05, 0) is 76.2 Å². The van der Waals surface area contributed by atoms with Crippen molar-refractivity contribution in [3.05, 3.63) is 139 Å². The van der Waals surface area contributed by atoms with Crippen molar-refractivity contribution in [2.24, 2.45) is 0 Å². The monoisotopic (exact) mass is 542 g/mol. The van der Waals surface area contributed by atoms with Crippen molar-refractivity contribution in [2.45, 2.75) is 34.1 Å². The molecule has 0 saturated carbocycles. The lowest BCUT2D eigenvalue weighted by Crippen LogP contribution is -2.19. The number of nitrogens with one attached hydrogen (secondary N) is 2. The van der Waals surface area contributed by atoms with Gasteiger partial charge in [-0.25, -0.2) is 0 Å². The number of benzene rings is 4. The van der Waals surface area contributed by atoms with Gasteiger partial charge in [0.1, 0.15) is 11.2 Å². The fraction of sp³-hybridized carbons (Fsp3) is 0.143. The summed E-state index contributed by atoms with van der Waals surface area (Å²) >= 11 is 0. The van der Waals surface area contributed by atoms with E-state index in [-0.39, 0.29) is 17.3 Å². The molecule has 41 heavy (non-hydrogen) atoms. The van der Waals surface area contributed by atoms with E-state index in [1.165, 1.54) is 0 Å². The van der Waals surface area contributed by atoms with Gasteiger partial charge in [0.2, 0.25) is 11.8 Å². The molecular weight excluding hydrogens is 512 g/mol. The van der Waals surface area contributed by atoms with Crippen LogP contribution in [-0.2, 0) is 6.42 Å². The smallest absolute Gasteiger partial charge is 0.205 e. The molecule has 0 aliphatic rings. The molecule has 0 fully saturated rings. The first-order valence-electron chi connectivity index (χ1n) is 13.6. The molecule has 0 saturated heterocycles. The molecule has 0 radical (unpaired) electrons. The van der Waals surface area contributed by atoms with Crippen molar-refractivity contribution in [1.82, 2.24) is 0 Å². The Morgan fingerprint density at radius 1 is 0.512 bits per heavy atom. The summed E-state index contributed by atoms with van der Waals surface area (Å²) in [5, 5.41) is 7.50. The van der Waals surface area contributed by atoms with E-state index >= 15 is 0 Å². The molecule has 0 aliphatic heterocycles. The Morgan fingerprint density at radius 3 is 1.27 bits per heavy atom. The number of hydrogen-bond acceptors (Lipinski definition) is 6. The number of rotatable bonds is 6. The Bertz CT molecular complexity index is 1890. The zero-order valence-electron chi connectivity index (χ0n) is 23.4. The molecule has 2 aromatic heterocycles. The van der Waals surface area contributed by atoms with Crippen LogP contribution in [0.2, 0.25) is 0 Å². The molecule has 2 N–H and O–H groups in total. The van der Waals surface area contributed by atoms with Gasteiger partial charge in [0, 0.05) is 17.8 Å². The average Bonchev–Trinajstić information content (AvgIpc) is 2.95. The van der Waals surface area contributed by atoms with Crippen molar-refractivity contribution >= 4 is 45.1 Å². The number of anilines is 4. The lowest BCUT2D eigenvalue weighted by Gasteiger charge is -2.15. The molecule has 6 heteroatoms. The average molecular weight is 543 g/mol. The second kappa shape index (κ2) is 10.5. The van der Waals surface area contributed by atoms with E-state index in [4.69, 9.17) is 8.83 Å². The number of hydrogen-bond donors (Lipinski definition) is 2. The van der Waals surface area contributed by atoms with Crippen LogP contribution in [0, 0.1) is 27.7 Å². The summed E-state index contributed by atoms with van der Waals surface area (Å²) in [7, 11) is 0. The van der Waals surface area contributed by atoms with Crippen molar-refractivity contribution < 1.29 is 8.83 Å². The van der Waals surface area contributed by atoms with Gasteiger partial charge in [-0.3, -0.25) is 9.59 Å². The van der Waals surface area contributed by atoms with E-state index in [0.29, 0.717) is 44.8 Å². The van der Waals surface area contributed by atoms with Crippen LogP contribution in [-0.4, -0.2) is 0 Å².